The number of nitrogens with one attached hydrogen (secondary N) is 1. The number of aliphatic hydroxyl groups is 1. The molecule has 0 radical (unpaired) electrons. The molecule has 2 N–H and O–H groups in total. The summed E-state index contributed by atoms with van der Waals surface area (Å²) >= 11 is 0. The van der Waals surface area contributed by atoms with Gasteiger partial charge in [-0.15, -0.1) is 6.42 Å². The van der Waals surface area contributed by atoms with E-state index >= 15 is 0 Å². The van der Waals surface area contributed by atoms with Gasteiger partial charge in [0.1, 0.15) is 0 Å². The van der Waals surface area contributed by atoms with Crippen molar-refractivity contribution in [2.75, 3.05) is 6.54 Å². The highest BCUT2D eigenvalue weighted by Gasteiger charge is 2.00. The first-order valence-electron chi connectivity index (χ1n) is 3.58. The lowest BCUT2D eigenvalue weighted by atomic mass is 10.2. The van der Waals surface area contributed by atoms with Crippen molar-refractivity contribution < 1.29 is 5.11 Å². The van der Waals surface area contributed by atoms with Crippen LogP contribution in [0.4, 0.5) is 0 Å². The zero-order valence-electron chi connectivity index (χ0n) is 6.59. The molecule has 0 fully saturated rings. The van der Waals surface area contributed by atoms with Gasteiger partial charge >= 0.3 is 0 Å². The van der Waals surface area contributed by atoms with Crippen LogP contribution in [-0.4, -0.2) is 23.8 Å². The second kappa shape index (κ2) is 5.28. The number of terminal acetylenes is 1. The Bertz CT molecular complexity index is 117. The van der Waals surface area contributed by atoms with Gasteiger partial charge in [0.2, 0.25) is 0 Å². The molecule has 0 aromatic heterocycles. The second-order valence-corrected chi connectivity index (χ2v) is 2.36. The Hall–Kier alpha value is -0.520. The van der Waals surface area contributed by atoms with E-state index in [4.69, 9.17) is 11.5 Å². The van der Waals surface area contributed by atoms with Crippen LogP contribution in [-0.2, 0) is 0 Å². The third-order valence-corrected chi connectivity index (χ3v) is 1.38. The standard InChI is InChI=1S/C8H15NO/c1-4-7(3)9-6-8(10)5-2/h1,7-10H,5-6H2,2-3H3. The molecule has 0 saturated carbocycles. The lowest BCUT2D eigenvalue weighted by Crippen LogP contribution is -2.32. The van der Waals surface area contributed by atoms with Crippen LogP contribution in [0.3, 0.4) is 0 Å². The lowest BCUT2D eigenvalue weighted by Gasteiger charge is -2.10. The van der Waals surface area contributed by atoms with E-state index in [0.29, 0.717) is 6.54 Å². The molecule has 0 aromatic carbocycles. The van der Waals surface area contributed by atoms with Gasteiger partial charge in [-0.2, -0.15) is 0 Å². The predicted molar refractivity (Wildman–Crippen MR) is 42.6 cm³/mol. The smallest absolute Gasteiger partial charge is 0.0662 e. The fourth-order valence-electron chi connectivity index (χ4n) is 0.516. The highest BCUT2D eigenvalue weighted by Crippen LogP contribution is 1.87. The molecule has 10 heavy (non-hydrogen) atoms. The average Bonchev–Trinajstić information content (AvgIpc) is 1.99. The molecule has 0 aliphatic carbocycles. The Morgan fingerprint density at radius 2 is 2.30 bits per heavy atom. The Balaban J connectivity index is 3.28. The molecule has 58 valence electrons. The van der Waals surface area contributed by atoms with E-state index in [1.807, 2.05) is 13.8 Å². The minimum absolute atomic E-state index is 0.0567. The summed E-state index contributed by atoms with van der Waals surface area (Å²) in [5, 5.41) is 12.1. The van der Waals surface area contributed by atoms with Gasteiger partial charge < -0.3 is 10.4 Å². The quantitative estimate of drug-likeness (QED) is 0.554. The summed E-state index contributed by atoms with van der Waals surface area (Å²) < 4.78 is 0. The van der Waals surface area contributed by atoms with Gasteiger partial charge in [-0.05, 0) is 13.3 Å². The van der Waals surface area contributed by atoms with Crippen LogP contribution in [0.2, 0.25) is 0 Å². The first kappa shape index (κ1) is 9.48. The zero-order valence-corrected chi connectivity index (χ0v) is 6.59. The van der Waals surface area contributed by atoms with Gasteiger partial charge in [0.25, 0.3) is 0 Å². The van der Waals surface area contributed by atoms with E-state index < -0.39 is 0 Å². The fourth-order valence-corrected chi connectivity index (χ4v) is 0.516. The summed E-state index contributed by atoms with van der Waals surface area (Å²) in [5.41, 5.74) is 0. The van der Waals surface area contributed by atoms with Crippen LogP contribution in [0.25, 0.3) is 0 Å². The van der Waals surface area contributed by atoms with E-state index in [1.165, 1.54) is 0 Å². The van der Waals surface area contributed by atoms with Crippen LogP contribution in [0, 0.1) is 12.3 Å². The molecule has 0 rings (SSSR count). The van der Waals surface area contributed by atoms with Crippen molar-refractivity contribution in [2.24, 2.45) is 0 Å². The summed E-state index contributed by atoms with van der Waals surface area (Å²) in [6.45, 7) is 4.41. The molecular weight excluding hydrogens is 126 g/mol. The fraction of sp³-hybridized carbons (Fsp3) is 0.750. The summed E-state index contributed by atoms with van der Waals surface area (Å²) in [7, 11) is 0. The van der Waals surface area contributed by atoms with Gasteiger partial charge in [0.05, 0.1) is 12.1 Å². The van der Waals surface area contributed by atoms with Crippen molar-refractivity contribution in [2.45, 2.75) is 32.4 Å². The zero-order chi connectivity index (χ0) is 7.98. The van der Waals surface area contributed by atoms with Crippen LogP contribution in [0.15, 0.2) is 0 Å². The van der Waals surface area contributed by atoms with Crippen molar-refractivity contribution in [3.8, 4) is 12.3 Å². The number of hydrogen-bond acceptors (Lipinski definition) is 2. The Labute approximate surface area is 62.6 Å². The topological polar surface area (TPSA) is 32.3 Å². The lowest BCUT2D eigenvalue weighted by molar-refractivity contribution is 0.166. The second-order valence-electron chi connectivity index (χ2n) is 2.36. The summed E-state index contributed by atoms with van der Waals surface area (Å²) in [4.78, 5) is 0. The SMILES string of the molecule is C#CC(C)NCC(O)CC. The molecule has 0 aliphatic heterocycles. The van der Waals surface area contributed by atoms with Crippen molar-refractivity contribution in [3.05, 3.63) is 0 Å². The van der Waals surface area contributed by atoms with E-state index in [2.05, 4.69) is 11.2 Å². The number of aliphatic hydroxyl groups excluding tert-OH is 1. The minimum Gasteiger partial charge on any atom is -0.392 e. The molecule has 0 aromatic rings. The minimum atomic E-state index is -0.268. The predicted octanol–water partition coefficient (Wildman–Crippen LogP) is 0.369. The maximum absolute atomic E-state index is 9.07. The van der Waals surface area contributed by atoms with Crippen molar-refractivity contribution in [3.63, 3.8) is 0 Å². The van der Waals surface area contributed by atoms with E-state index in [9.17, 15) is 0 Å². The van der Waals surface area contributed by atoms with E-state index in [1.54, 1.807) is 0 Å². The summed E-state index contributed by atoms with van der Waals surface area (Å²) in [6.07, 6.45) is 5.61. The van der Waals surface area contributed by atoms with Gasteiger partial charge in [-0.25, -0.2) is 0 Å². The molecule has 2 nitrogen and oxygen atoms in total. The maximum Gasteiger partial charge on any atom is 0.0662 e. The molecule has 0 aliphatic rings. The van der Waals surface area contributed by atoms with E-state index in [0.717, 1.165) is 6.42 Å². The van der Waals surface area contributed by atoms with Crippen molar-refractivity contribution in [1.29, 1.82) is 0 Å². The summed E-state index contributed by atoms with van der Waals surface area (Å²) in [6, 6.07) is 0.0567. The first-order chi connectivity index (χ1) is 4.70. The third kappa shape index (κ3) is 4.37. The number of rotatable bonds is 4. The van der Waals surface area contributed by atoms with Gasteiger partial charge in [-0.3, -0.25) is 0 Å². The average molecular weight is 141 g/mol. The maximum atomic E-state index is 9.07. The normalized spacial score (nSPS) is 15.8. The number of hydrogen-bond donors (Lipinski definition) is 2. The molecule has 2 heteroatoms. The van der Waals surface area contributed by atoms with Gasteiger partial charge in [-0.1, -0.05) is 12.8 Å². The molecular formula is C8H15NO. The largest absolute Gasteiger partial charge is 0.392 e. The Kier molecular flexibility index (Phi) is 5.00. The molecule has 2 atom stereocenters. The molecule has 0 spiro atoms. The van der Waals surface area contributed by atoms with Crippen LogP contribution in [0.1, 0.15) is 20.3 Å². The molecule has 0 heterocycles. The molecule has 0 bridgehead atoms. The van der Waals surface area contributed by atoms with E-state index in [-0.39, 0.29) is 12.1 Å². The van der Waals surface area contributed by atoms with Crippen LogP contribution < -0.4 is 5.32 Å². The molecule has 2 unspecified atom stereocenters. The van der Waals surface area contributed by atoms with Crippen molar-refractivity contribution >= 4 is 0 Å². The highest BCUT2D eigenvalue weighted by atomic mass is 16.3. The molecule has 0 amide bonds. The Morgan fingerprint density at radius 3 is 2.70 bits per heavy atom. The highest BCUT2D eigenvalue weighted by molar-refractivity contribution is 4.95. The Morgan fingerprint density at radius 1 is 1.70 bits per heavy atom. The first-order valence-corrected chi connectivity index (χ1v) is 3.58. The summed E-state index contributed by atoms with van der Waals surface area (Å²) in [5.74, 6) is 2.52. The van der Waals surface area contributed by atoms with Gasteiger partial charge in [0.15, 0.2) is 0 Å². The molecule has 0 saturated heterocycles. The van der Waals surface area contributed by atoms with Crippen LogP contribution >= 0.6 is 0 Å². The monoisotopic (exact) mass is 141 g/mol. The van der Waals surface area contributed by atoms with Crippen molar-refractivity contribution in [1.82, 2.24) is 5.32 Å². The van der Waals surface area contributed by atoms with Crippen LogP contribution in [0.5, 0.6) is 0 Å². The van der Waals surface area contributed by atoms with Gasteiger partial charge in [0, 0.05) is 6.54 Å². The third-order valence-electron chi connectivity index (χ3n) is 1.38.